The van der Waals surface area contributed by atoms with Crippen molar-refractivity contribution < 1.29 is 14.0 Å². The third-order valence-corrected chi connectivity index (χ3v) is 5.88. The van der Waals surface area contributed by atoms with Crippen LogP contribution >= 0.6 is 0 Å². The van der Waals surface area contributed by atoms with Gasteiger partial charge in [0.2, 0.25) is 0 Å². The number of rotatable bonds is 9. The Balaban J connectivity index is 1.48. The van der Waals surface area contributed by atoms with E-state index in [-0.39, 0.29) is 6.54 Å². The van der Waals surface area contributed by atoms with Crippen LogP contribution in [0.4, 0.5) is 0 Å². The lowest BCUT2D eigenvalue weighted by atomic mass is 9.90. The molecule has 1 aromatic heterocycles. The summed E-state index contributed by atoms with van der Waals surface area (Å²) in [5, 5.41) is 0. The number of aromatic amines is 1. The summed E-state index contributed by atoms with van der Waals surface area (Å²) in [6.07, 6.45) is 0. The lowest BCUT2D eigenvalue weighted by Crippen LogP contribution is -2.17. The van der Waals surface area contributed by atoms with Gasteiger partial charge >= 0.3 is 11.4 Å². The van der Waals surface area contributed by atoms with Gasteiger partial charge in [-0.2, -0.15) is 0 Å². The molecule has 0 aliphatic carbocycles. The Kier molecular flexibility index (Phi) is 7.22. The molecule has 8 heteroatoms. The first kappa shape index (κ1) is 24.1. The fraction of sp³-hybridized carbons (Fsp3) is 0.259. The topological polar surface area (TPSA) is 112 Å². The summed E-state index contributed by atoms with van der Waals surface area (Å²) in [4.78, 5) is 24.8. The van der Waals surface area contributed by atoms with E-state index in [1.165, 1.54) is 11.1 Å². The van der Waals surface area contributed by atoms with Crippen molar-refractivity contribution >= 4 is 0 Å². The Morgan fingerprint density at radius 1 is 0.943 bits per heavy atom. The summed E-state index contributed by atoms with van der Waals surface area (Å²) < 4.78 is 17.5. The number of nitrogens with zero attached hydrogens (tertiary/aromatic N) is 1. The Morgan fingerprint density at radius 3 is 2.29 bits per heavy atom. The van der Waals surface area contributed by atoms with Gasteiger partial charge in [-0.05, 0) is 84.0 Å². The van der Waals surface area contributed by atoms with Crippen molar-refractivity contribution in [3.05, 3.63) is 103 Å². The Morgan fingerprint density at radius 2 is 1.66 bits per heavy atom. The van der Waals surface area contributed by atoms with E-state index < -0.39 is 11.4 Å². The number of nitrogens with one attached hydrogen (secondary N) is 1. The van der Waals surface area contributed by atoms with Crippen LogP contribution < -0.4 is 26.7 Å². The second-order valence-corrected chi connectivity index (χ2v) is 8.44. The van der Waals surface area contributed by atoms with Gasteiger partial charge in [0.05, 0.1) is 6.54 Å². The fourth-order valence-electron chi connectivity index (χ4n) is 4.16. The molecule has 3 aromatic carbocycles. The molecule has 3 N–H and O–H groups in total. The van der Waals surface area contributed by atoms with E-state index in [2.05, 4.69) is 50.0 Å². The minimum absolute atomic E-state index is 0.160. The predicted molar refractivity (Wildman–Crippen MR) is 134 cm³/mol. The third kappa shape index (κ3) is 5.55. The second kappa shape index (κ2) is 10.5. The molecule has 0 atom stereocenters. The molecule has 0 radical (unpaired) electrons. The summed E-state index contributed by atoms with van der Waals surface area (Å²) in [5.41, 5.74) is 12.7. The minimum atomic E-state index is -0.770. The van der Waals surface area contributed by atoms with Gasteiger partial charge in [0, 0.05) is 6.54 Å². The molecule has 0 fully saturated rings. The number of ether oxygens (including phenoxy) is 2. The van der Waals surface area contributed by atoms with Crippen LogP contribution in [0.25, 0.3) is 11.1 Å². The molecule has 0 aliphatic heterocycles. The van der Waals surface area contributed by atoms with Crippen molar-refractivity contribution in [2.24, 2.45) is 5.73 Å². The van der Waals surface area contributed by atoms with Crippen molar-refractivity contribution in [2.75, 3.05) is 13.2 Å². The monoisotopic (exact) mass is 475 g/mol. The molecule has 182 valence electrons. The van der Waals surface area contributed by atoms with Crippen LogP contribution in [0.2, 0.25) is 0 Å². The van der Waals surface area contributed by atoms with E-state index in [0.29, 0.717) is 25.5 Å². The van der Waals surface area contributed by atoms with E-state index >= 15 is 0 Å². The van der Waals surface area contributed by atoms with Gasteiger partial charge in [-0.3, -0.25) is 0 Å². The number of benzene rings is 3. The minimum Gasteiger partial charge on any atom is -0.492 e. The van der Waals surface area contributed by atoms with Crippen LogP contribution in [0.15, 0.2) is 68.7 Å². The predicted octanol–water partition coefficient (Wildman–Crippen LogP) is 3.69. The van der Waals surface area contributed by atoms with E-state index in [1.54, 1.807) is 0 Å². The van der Waals surface area contributed by atoms with Crippen LogP contribution in [0.5, 0.6) is 11.5 Å². The molecule has 35 heavy (non-hydrogen) atoms. The summed E-state index contributed by atoms with van der Waals surface area (Å²) >= 11 is 0. The lowest BCUT2D eigenvalue weighted by molar-refractivity contribution is 0.258. The maximum Gasteiger partial charge on any atom is 0.440 e. The highest BCUT2D eigenvalue weighted by Gasteiger charge is 2.13. The van der Waals surface area contributed by atoms with Crippen molar-refractivity contribution in [3.8, 4) is 22.6 Å². The average Bonchev–Trinajstić information content (AvgIpc) is 3.14. The number of H-pyrrole nitrogens is 1. The zero-order valence-electron chi connectivity index (χ0n) is 20.1. The van der Waals surface area contributed by atoms with Crippen molar-refractivity contribution in [2.45, 2.75) is 33.9 Å². The lowest BCUT2D eigenvalue weighted by Gasteiger charge is -2.18. The zero-order valence-corrected chi connectivity index (χ0v) is 20.1. The zero-order chi connectivity index (χ0) is 24.9. The van der Waals surface area contributed by atoms with E-state index in [4.69, 9.17) is 19.7 Å². The van der Waals surface area contributed by atoms with Gasteiger partial charge in [-0.25, -0.2) is 14.6 Å². The van der Waals surface area contributed by atoms with Gasteiger partial charge in [-0.15, -0.1) is 4.74 Å². The Bertz CT molecular complexity index is 1410. The summed E-state index contributed by atoms with van der Waals surface area (Å²) in [7, 11) is 0. The molecular formula is C27H29N3O5. The quantitative estimate of drug-likeness (QED) is 0.382. The number of nitrogens with two attached hydrogens (primary N) is 1. The molecule has 0 bridgehead atoms. The first-order valence-electron chi connectivity index (χ1n) is 11.4. The van der Waals surface area contributed by atoms with Gasteiger partial charge in [-0.1, -0.05) is 30.3 Å². The normalized spacial score (nSPS) is 11.0. The molecule has 0 saturated carbocycles. The summed E-state index contributed by atoms with van der Waals surface area (Å²) in [5.74, 6) is 0.766. The largest absolute Gasteiger partial charge is 0.492 e. The average molecular weight is 476 g/mol. The standard InChI is InChI=1S/C27H29N3O5/c1-17-13-23(33-12-11-28)14-18(2)25(17)24-6-4-5-21(19(24)3)16-34-22-9-7-20(8-10-22)15-30-26(31)29-27(32)35-30/h4-10,13-14H,11-12,15-16,28H2,1-3H3,(H,29,31,32). The molecule has 4 rings (SSSR count). The van der Waals surface area contributed by atoms with Crippen LogP contribution in [-0.4, -0.2) is 22.9 Å². The number of hydrogen-bond donors (Lipinski definition) is 2. The highest BCUT2D eigenvalue weighted by Crippen LogP contribution is 2.34. The SMILES string of the molecule is Cc1cc(OCCN)cc(C)c1-c1cccc(COc2ccc(Cn3oc(=O)[nH]c3=O)cc2)c1C. The van der Waals surface area contributed by atoms with Crippen LogP contribution in [0.3, 0.4) is 0 Å². The Labute approximate surface area is 202 Å². The van der Waals surface area contributed by atoms with Gasteiger partial charge in [0.25, 0.3) is 0 Å². The van der Waals surface area contributed by atoms with Gasteiger partial charge in [0.1, 0.15) is 24.7 Å². The van der Waals surface area contributed by atoms with Gasteiger partial charge in [0.15, 0.2) is 0 Å². The van der Waals surface area contributed by atoms with E-state index in [9.17, 15) is 9.59 Å². The third-order valence-electron chi connectivity index (χ3n) is 5.88. The molecule has 1 heterocycles. The van der Waals surface area contributed by atoms with Crippen LogP contribution in [0.1, 0.15) is 27.8 Å². The summed E-state index contributed by atoms with van der Waals surface area (Å²) in [6.45, 7) is 7.84. The molecule has 0 aliphatic rings. The molecular weight excluding hydrogens is 446 g/mol. The molecule has 0 unspecified atom stereocenters. The highest BCUT2D eigenvalue weighted by molar-refractivity contribution is 5.75. The molecule has 4 aromatic rings. The first-order valence-corrected chi connectivity index (χ1v) is 11.4. The fourth-order valence-corrected chi connectivity index (χ4v) is 4.16. The van der Waals surface area contributed by atoms with Crippen molar-refractivity contribution in [1.82, 2.24) is 9.72 Å². The molecule has 8 nitrogen and oxygen atoms in total. The number of aryl methyl sites for hydroxylation is 2. The number of hydrogen-bond acceptors (Lipinski definition) is 6. The van der Waals surface area contributed by atoms with Gasteiger partial charge < -0.3 is 19.7 Å². The van der Waals surface area contributed by atoms with Crippen molar-refractivity contribution in [1.29, 1.82) is 0 Å². The smallest absolute Gasteiger partial charge is 0.440 e. The van der Waals surface area contributed by atoms with E-state index in [1.807, 2.05) is 30.3 Å². The summed E-state index contributed by atoms with van der Waals surface area (Å²) in [6, 6.07) is 17.7. The molecule has 0 amide bonds. The van der Waals surface area contributed by atoms with Crippen LogP contribution in [-0.2, 0) is 13.2 Å². The Hall–Kier alpha value is -4.04. The van der Waals surface area contributed by atoms with Crippen LogP contribution in [0, 0.1) is 20.8 Å². The highest BCUT2D eigenvalue weighted by atomic mass is 16.5. The second-order valence-electron chi connectivity index (χ2n) is 8.44. The molecule has 0 spiro atoms. The molecule has 0 saturated heterocycles. The first-order chi connectivity index (χ1) is 16.9. The van der Waals surface area contributed by atoms with Crippen molar-refractivity contribution in [3.63, 3.8) is 0 Å². The number of aromatic nitrogens is 2. The maximum atomic E-state index is 11.6. The maximum absolute atomic E-state index is 11.6. The van der Waals surface area contributed by atoms with E-state index in [0.717, 1.165) is 38.3 Å².